The molecule has 6 heteroatoms. The molecule has 0 saturated heterocycles. The fourth-order valence-electron chi connectivity index (χ4n) is 2.44. The Hall–Kier alpha value is -3.15. The molecule has 0 bridgehead atoms. The molecule has 0 unspecified atom stereocenters. The maximum atomic E-state index is 12.1. The Labute approximate surface area is 160 Å². The van der Waals surface area contributed by atoms with Crippen LogP contribution in [0.1, 0.15) is 25.3 Å². The van der Waals surface area contributed by atoms with Gasteiger partial charge in [-0.1, -0.05) is 30.3 Å². The highest BCUT2D eigenvalue weighted by molar-refractivity contribution is 6.05. The van der Waals surface area contributed by atoms with Crippen LogP contribution in [0.25, 0.3) is 0 Å². The number of carbonyl (C=O) groups excluding carboxylic acids is 2. The van der Waals surface area contributed by atoms with Crippen LogP contribution in [0.3, 0.4) is 0 Å². The predicted octanol–water partition coefficient (Wildman–Crippen LogP) is 3.21. The van der Waals surface area contributed by atoms with E-state index in [9.17, 15) is 9.59 Å². The van der Waals surface area contributed by atoms with Gasteiger partial charge < -0.3 is 10.2 Å². The molecule has 0 atom stereocenters. The minimum atomic E-state index is -0.174. The van der Waals surface area contributed by atoms with Gasteiger partial charge >= 0.3 is 0 Å². The number of aryl methyl sites for hydroxylation is 1. The van der Waals surface area contributed by atoms with Gasteiger partial charge in [-0.25, -0.2) is 5.43 Å². The summed E-state index contributed by atoms with van der Waals surface area (Å²) in [6.07, 6.45) is 1.13. The van der Waals surface area contributed by atoms with Gasteiger partial charge in [-0.15, -0.1) is 0 Å². The summed E-state index contributed by atoms with van der Waals surface area (Å²) in [6.45, 7) is 1.71. The van der Waals surface area contributed by atoms with Crippen LogP contribution in [0.2, 0.25) is 0 Å². The maximum Gasteiger partial charge on any atom is 0.240 e. The van der Waals surface area contributed by atoms with Crippen molar-refractivity contribution in [2.75, 3.05) is 24.3 Å². The summed E-state index contributed by atoms with van der Waals surface area (Å²) < 4.78 is 0. The van der Waals surface area contributed by atoms with E-state index in [2.05, 4.69) is 15.8 Å². The number of hydrogen-bond acceptors (Lipinski definition) is 4. The van der Waals surface area contributed by atoms with Gasteiger partial charge in [-0.3, -0.25) is 9.59 Å². The van der Waals surface area contributed by atoms with Crippen molar-refractivity contribution >= 4 is 28.9 Å². The van der Waals surface area contributed by atoms with Crippen molar-refractivity contribution in [2.45, 2.75) is 26.2 Å². The van der Waals surface area contributed by atoms with Gasteiger partial charge in [-0.05, 0) is 43.2 Å². The molecule has 0 heterocycles. The fourth-order valence-corrected chi connectivity index (χ4v) is 2.44. The molecule has 0 aliphatic rings. The molecule has 142 valence electrons. The normalized spacial score (nSPS) is 11.0. The number of anilines is 2. The first-order valence-corrected chi connectivity index (χ1v) is 8.87. The van der Waals surface area contributed by atoms with Gasteiger partial charge in [0.25, 0.3) is 0 Å². The lowest BCUT2D eigenvalue weighted by atomic mass is 10.1. The molecule has 0 radical (unpaired) electrons. The predicted molar refractivity (Wildman–Crippen MR) is 110 cm³/mol. The van der Waals surface area contributed by atoms with Crippen LogP contribution in [0.5, 0.6) is 0 Å². The Morgan fingerprint density at radius 1 is 0.963 bits per heavy atom. The zero-order valence-corrected chi connectivity index (χ0v) is 16.0. The van der Waals surface area contributed by atoms with E-state index in [-0.39, 0.29) is 18.2 Å². The van der Waals surface area contributed by atoms with Crippen molar-refractivity contribution in [1.29, 1.82) is 0 Å². The zero-order valence-electron chi connectivity index (χ0n) is 16.0. The molecule has 0 spiro atoms. The van der Waals surface area contributed by atoms with E-state index in [0.29, 0.717) is 18.6 Å². The van der Waals surface area contributed by atoms with E-state index >= 15 is 0 Å². The monoisotopic (exact) mass is 366 g/mol. The van der Waals surface area contributed by atoms with E-state index in [1.807, 2.05) is 73.6 Å². The average molecular weight is 366 g/mol. The van der Waals surface area contributed by atoms with E-state index < -0.39 is 0 Å². The summed E-state index contributed by atoms with van der Waals surface area (Å²) >= 11 is 0. The van der Waals surface area contributed by atoms with Crippen LogP contribution < -0.4 is 15.6 Å². The molecule has 0 aromatic heterocycles. The van der Waals surface area contributed by atoms with Crippen LogP contribution in [0.4, 0.5) is 11.4 Å². The molecule has 2 amide bonds. The van der Waals surface area contributed by atoms with Gasteiger partial charge in [0, 0.05) is 37.6 Å². The third-order valence-electron chi connectivity index (χ3n) is 3.94. The first-order valence-electron chi connectivity index (χ1n) is 8.87. The van der Waals surface area contributed by atoms with Crippen molar-refractivity contribution in [3.8, 4) is 0 Å². The minimum Gasteiger partial charge on any atom is -0.378 e. The van der Waals surface area contributed by atoms with Gasteiger partial charge in [0.1, 0.15) is 0 Å². The molecule has 6 nitrogen and oxygen atoms in total. The minimum absolute atomic E-state index is 0.119. The molecule has 0 fully saturated rings. The van der Waals surface area contributed by atoms with Gasteiger partial charge in [0.2, 0.25) is 11.8 Å². The topological polar surface area (TPSA) is 73.8 Å². The van der Waals surface area contributed by atoms with Crippen molar-refractivity contribution in [3.63, 3.8) is 0 Å². The first kappa shape index (κ1) is 20.2. The molecule has 2 aromatic rings. The van der Waals surface area contributed by atoms with Crippen LogP contribution >= 0.6 is 0 Å². The lowest BCUT2D eigenvalue weighted by molar-refractivity contribution is -0.121. The Morgan fingerprint density at radius 2 is 1.63 bits per heavy atom. The number of nitrogens with zero attached hydrogens (tertiary/aromatic N) is 2. The summed E-state index contributed by atoms with van der Waals surface area (Å²) in [5.41, 5.74) is 5.94. The number of nitrogens with one attached hydrogen (secondary N) is 2. The van der Waals surface area contributed by atoms with Crippen molar-refractivity contribution in [3.05, 3.63) is 60.2 Å². The summed E-state index contributed by atoms with van der Waals surface area (Å²) in [7, 11) is 3.92. The lowest BCUT2D eigenvalue weighted by Gasteiger charge is -2.13. The van der Waals surface area contributed by atoms with Crippen molar-refractivity contribution < 1.29 is 9.59 Å². The second kappa shape index (κ2) is 10.1. The standard InChI is InChI=1S/C21H26N4O2/c1-16(23-24-20(26)14-9-17-7-5-4-6-8-17)15-21(27)22-18-10-12-19(13-11-18)25(2)3/h4-8,10-13H,9,14-15H2,1-3H3,(H,22,27)(H,24,26)/b23-16+. The quantitative estimate of drug-likeness (QED) is 0.556. The second-order valence-electron chi connectivity index (χ2n) is 6.53. The lowest BCUT2D eigenvalue weighted by Crippen LogP contribution is -2.21. The van der Waals surface area contributed by atoms with Crippen molar-refractivity contribution in [2.24, 2.45) is 5.10 Å². The molecular weight excluding hydrogens is 340 g/mol. The number of amides is 2. The highest BCUT2D eigenvalue weighted by atomic mass is 16.2. The Morgan fingerprint density at radius 3 is 2.26 bits per heavy atom. The molecule has 0 aliphatic heterocycles. The van der Waals surface area contributed by atoms with E-state index in [1.54, 1.807) is 6.92 Å². The van der Waals surface area contributed by atoms with E-state index in [4.69, 9.17) is 0 Å². The summed E-state index contributed by atoms with van der Waals surface area (Å²) in [4.78, 5) is 25.9. The number of hydrogen-bond donors (Lipinski definition) is 2. The SMILES string of the molecule is C/C(CC(=O)Nc1ccc(N(C)C)cc1)=N\NC(=O)CCc1ccccc1. The Kier molecular flexibility index (Phi) is 7.55. The first-order chi connectivity index (χ1) is 12.9. The second-order valence-corrected chi connectivity index (χ2v) is 6.53. The largest absolute Gasteiger partial charge is 0.378 e. The van der Waals surface area contributed by atoms with Gasteiger partial charge in [0.15, 0.2) is 0 Å². The molecule has 2 N–H and O–H groups in total. The number of rotatable bonds is 8. The highest BCUT2D eigenvalue weighted by Gasteiger charge is 2.06. The Balaban J connectivity index is 1.75. The molecular formula is C21H26N4O2. The Bertz CT molecular complexity index is 784. The zero-order chi connectivity index (χ0) is 19.6. The maximum absolute atomic E-state index is 12.1. The number of hydrazone groups is 1. The van der Waals surface area contributed by atoms with Crippen molar-refractivity contribution in [1.82, 2.24) is 5.43 Å². The molecule has 27 heavy (non-hydrogen) atoms. The molecule has 2 rings (SSSR count). The summed E-state index contributed by atoms with van der Waals surface area (Å²) in [6, 6.07) is 17.4. The van der Waals surface area contributed by atoms with E-state index in [1.165, 1.54) is 0 Å². The molecule has 0 aliphatic carbocycles. The van der Waals surface area contributed by atoms with Crippen LogP contribution in [-0.4, -0.2) is 31.6 Å². The smallest absolute Gasteiger partial charge is 0.240 e. The third kappa shape index (κ3) is 7.32. The number of benzene rings is 2. The average Bonchev–Trinajstić information content (AvgIpc) is 2.66. The van der Waals surface area contributed by atoms with Crippen LogP contribution in [0, 0.1) is 0 Å². The summed E-state index contributed by atoms with van der Waals surface area (Å²) in [5.74, 6) is -0.342. The third-order valence-corrected chi connectivity index (χ3v) is 3.94. The summed E-state index contributed by atoms with van der Waals surface area (Å²) in [5, 5.41) is 6.83. The fraction of sp³-hybridized carbons (Fsp3) is 0.286. The molecule has 2 aromatic carbocycles. The molecule has 0 saturated carbocycles. The highest BCUT2D eigenvalue weighted by Crippen LogP contribution is 2.15. The van der Waals surface area contributed by atoms with Gasteiger partial charge in [-0.2, -0.15) is 5.10 Å². The van der Waals surface area contributed by atoms with Crippen LogP contribution in [-0.2, 0) is 16.0 Å². The number of carbonyl (C=O) groups is 2. The van der Waals surface area contributed by atoms with Gasteiger partial charge in [0.05, 0.1) is 6.42 Å². The van der Waals surface area contributed by atoms with E-state index in [0.717, 1.165) is 16.9 Å². The van der Waals surface area contributed by atoms with Crippen LogP contribution in [0.15, 0.2) is 59.7 Å².